The lowest BCUT2D eigenvalue weighted by atomic mass is 9.98. The highest BCUT2D eigenvalue weighted by molar-refractivity contribution is 5.69. The molecular weight excluding hydrogens is 392 g/mol. The summed E-state index contributed by atoms with van der Waals surface area (Å²) in [6.07, 6.45) is 0. The van der Waals surface area contributed by atoms with Crippen molar-refractivity contribution < 1.29 is 9.53 Å². The molecule has 1 atom stereocenters. The second-order valence-electron chi connectivity index (χ2n) is 7.66. The minimum absolute atomic E-state index is 0.0406. The van der Waals surface area contributed by atoms with Crippen LogP contribution >= 0.6 is 0 Å². The van der Waals surface area contributed by atoms with Crippen molar-refractivity contribution in [2.75, 3.05) is 6.61 Å². The maximum atomic E-state index is 12.0. The van der Waals surface area contributed by atoms with Gasteiger partial charge in [-0.05, 0) is 45.5 Å². The molecule has 0 saturated heterocycles. The van der Waals surface area contributed by atoms with E-state index < -0.39 is 0 Å². The molecule has 3 N–H and O–H groups in total. The van der Waals surface area contributed by atoms with Crippen LogP contribution in [0.2, 0.25) is 0 Å². The van der Waals surface area contributed by atoms with Crippen LogP contribution in [-0.2, 0) is 29.2 Å². The van der Waals surface area contributed by atoms with Crippen LogP contribution in [0.4, 0.5) is 0 Å². The molecule has 0 aliphatic rings. The first-order valence-electron chi connectivity index (χ1n) is 10.5. The number of nitrogens with one attached hydrogen (secondary N) is 1. The van der Waals surface area contributed by atoms with E-state index in [4.69, 9.17) is 10.5 Å². The van der Waals surface area contributed by atoms with Crippen molar-refractivity contribution >= 4 is 5.97 Å². The molecule has 0 fully saturated rings. The molecule has 0 aliphatic heterocycles. The quantitative estimate of drug-likeness (QED) is 0.484. The zero-order chi connectivity index (χ0) is 22.2. The number of rotatable bonds is 10. The van der Waals surface area contributed by atoms with Gasteiger partial charge in [0.25, 0.3) is 0 Å². The maximum absolute atomic E-state index is 12.0. The Morgan fingerprint density at radius 3 is 2.52 bits per heavy atom. The summed E-state index contributed by atoms with van der Waals surface area (Å²) < 4.78 is 6.55. The number of nitrogens with two attached hydrogens (primary N) is 1. The molecule has 1 aromatic heterocycles. The predicted octanol–water partition coefficient (Wildman–Crippen LogP) is 2.70. The Balaban J connectivity index is 1.89. The van der Waals surface area contributed by atoms with Crippen molar-refractivity contribution in [3.8, 4) is 0 Å². The molecule has 8 heteroatoms. The van der Waals surface area contributed by atoms with Crippen molar-refractivity contribution in [3.63, 3.8) is 0 Å². The van der Waals surface area contributed by atoms with E-state index in [2.05, 4.69) is 65.0 Å². The zero-order valence-electron chi connectivity index (χ0n) is 18.3. The number of ether oxygens (including phenoxy) is 1. The van der Waals surface area contributed by atoms with Gasteiger partial charge in [0, 0.05) is 13.1 Å². The summed E-state index contributed by atoms with van der Waals surface area (Å²) >= 11 is 0. The second-order valence-corrected chi connectivity index (χ2v) is 7.66. The van der Waals surface area contributed by atoms with Gasteiger partial charge in [-0.3, -0.25) is 10.1 Å². The van der Waals surface area contributed by atoms with Gasteiger partial charge in [-0.2, -0.15) is 0 Å². The van der Waals surface area contributed by atoms with Crippen molar-refractivity contribution in [2.45, 2.75) is 52.4 Å². The van der Waals surface area contributed by atoms with Crippen molar-refractivity contribution in [3.05, 3.63) is 76.6 Å². The van der Waals surface area contributed by atoms with Gasteiger partial charge in [-0.15, -0.1) is 5.10 Å². The highest BCUT2D eigenvalue weighted by Gasteiger charge is 2.23. The molecule has 31 heavy (non-hydrogen) atoms. The lowest BCUT2D eigenvalue weighted by Gasteiger charge is -2.20. The Bertz CT molecular complexity index is 984. The summed E-state index contributed by atoms with van der Waals surface area (Å²) in [6.45, 7) is 7.45. The van der Waals surface area contributed by atoms with Crippen LogP contribution in [0.3, 0.4) is 0 Å². The Kier molecular flexibility index (Phi) is 7.86. The van der Waals surface area contributed by atoms with Crippen LogP contribution in [0.1, 0.15) is 60.8 Å². The standard InChI is InChI=1S/C23H30N6O2/c1-4-31-21(30)15-29-23(26-27-28-29)22(20-10-8-19(9-11-20)16(2)3)25-14-18-7-5-6-17(12-18)13-24/h5-12,16,22,25H,4,13-15,24H2,1-3H3. The van der Waals surface area contributed by atoms with Crippen LogP contribution in [0.25, 0.3) is 0 Å². The number of carbonyl (C=O) groups is 1. The SMILES string of the molecule is CCOC(=O)Cn1nnnc1C(NCc1cccc(CN)c1)c1ccc(C(C)C)cc1. The number of tetrazole rings is 1. The molecule has 0 aliphatic carbocycles. The normalized spacial score (nSPS) is 12.2. The number of nitrogens with zero attached hydrogens (tertiary/aromatic N) is 4. The van der Waals surface area contributed by atoms with Crippen LogP contribution < -0.4 is 11.1 Å². The van der Waals surface area contributed by atoms with E-state index in [9.17, 15) is 4.79 Å². The van der Waals surface area contributed by atoms with E-state index in [1.165, 1.54) is 10.2 Å². The highest BCUT2D eigenvalue weighted by atomic mass is 16.5. The lowest BCUT2D eigenvalue weighted by Crippen LogP contribution is -2.27. The number of hydrogen-bond donors (Lipinski definition) is 2. The number of hydrogen-bond acceptors (Lipinski definition) is 7. The minimum Gasteiger partial charge on any atom is -0.465 e. The average molecular weight is 423 g/mol. The summed E-state index contributed by atoms with van der Waals surface area (Å²) in [5.41, 5.74) is 10.2. The molecular formula is C23H30N6O2. The van der Waals surface area contributed by atoms with Crippen LogP contribution in [0.15, 0.2) is 48.5 Å². The van der Waals surface area contributed by atoms with Crippen LogP contribution in [0.5, 0.6) is 0 Å². The summed E-state index contributed by atoms with van der Waals surface area (Å²) in [6, 6.07) is 16.2. The first-order valence-corrected chi connectivity index (χ1v) is 10.5. The van der Waals surface area contributed by atoms with Crippen LogP contribution in [-0.4, -0.2) is 32.8 Å². The summed E-state index contributed by atoms with van der Waals surface area (Å²) in [4.78, 5) is 12.0. The minimum atomic E-state index is -0.374. The first-order chi connectivity index (χ1) is 15.0. The fourth-order valence-electron chi connectivity index (χ4n) is 3.38. The molecule has 3 rings (SSSR count). The third-order valence-electron chi connectivity index (χ3n) is 5.08. The zero-order valence-corrected chi connectivity index (χ0v) is 18.3. The molecule has 2 aromatic carbocycles. The molecule has 8 nitrogen and oxygen atoms in total. The molecule has 1 heterocycles. The van der Waals surface area contributed by atoms with Crippen molar-refractivity contribution in [1.82, 2.24) is 25.5 Å². The van der Waals surface area contributed by atoms with E-state index >= 15 is 0 Å². The number of carbonyl (C=O) groups excluding carboxylic acids is 1. The van der Waals surface area contributed by atoms with Gasteiger partial charge in [0.2, 0.25) is 0 Å². The molecule has 164 valence electrons. The van der Waals surface area contributed by atoms with Gasteiger partial charge < -0.3 is 10.5 Å². The molecule has 0 bridgehead atoms. The fraction of sp³-hybridized carbons (Fsp3) is 0.391. The topological polar surface area (TPSA) is 108 Å². The van der Waals surface area contributed by atoms with Crippen LogP contribution in [0, 0.1) is 0 Å². The second kappa shape index (κ2) is 10.8. The predicted molar refractivity (Wildman–Crippen MR) is 118 cm³/mol. The highest BCUT2D eigenvalue weighted by Crippen LogP contribution is 2.23. The lowest BCUT2D eigenvalue weighted by molar-refractivity contribution is -0.144. The van der Waals surface area contributed by atoms with Gasteiger partial charge in [0.1, 0.15) is 6.54 Å². The Morgan fingerprint density at radius 1 is 1.13 bits per heavy atom. The van der Waals surface area contributed by atoms with Gasteiger partial charge in [0.05, 0.1) is 12.6 Å². The average Bonchev–Trinajstić information content (AvgIpc) is 3.22. The maximum Gasteiger partial charge on any atom is 0.327 e. The molecule has 0 saturated carbocycles. The Hall–Kier alpha value is -3.10. The van der Waals surface area contributed by atoms with Crippen molar-refractivity contribution in [1.29, 1.82) is 0 Å². The smallest absolute Gasteiger partial charge is 0.327 e. The van der Waals surface area contributed by atoms with Gasteiger partial charge in [-0.25, -0.2) is 4.68 Å². The summed E-state index contributed by atoms with van der Waals surface area (Å²) in [5.74, 6) is 0.620. The van der Waals surface area contributed by atoms with E-state index in [0.717, 1.165) is 16.7 Å². The molecule has 0 amide bonds. The van der Waals surface area contributed by atoms with Gasteiger partial charge >= 0.3 is 5.97 Å². The Morgan fingerprint density at radius 2 is 1.84 bits per heavy atom. The number of benzene rings is 2. The third-order valence-corrected chi connectivity index (χ3v) is 5.08. The van der Waals surface area contributed by atoms with Gasteiger partial charge in [-0.1, -0.05) is 62.4 Å². The van der Waals surface area contributed by atoms with E-state index in [-0.39, 0.29) is 18.6 Å². The molecule has 0 radical (unpaired) electrons. The molecule has 0 spiro atoms. The fourth-order valence-corrected chi connectivity index (χ4v) is 3.38. The van der Waals surface area contributed by atoms with E-state index in [0.29, 0.717) is 31.4 Å². The third kappa shape index (κ3) is 5.96. The number of aromatic nitrogens is 4. The first kappa shape index (κ1) is 22.6. The molecule has 3 aromatic rings. The van der Waals surface area contributed by atoms with E-state index in [1.54, 1.807) is 6.92 Å². The van der Waals surface area contributed by atoms with Crippen molar-refractivity contribution in [2.24, 2.45) is 5.73 Å². The monoisotopic (exact) mass is 422 g/mol. The van der Waals surface area contributed by atoms with Gasteiger partial charge in [0.15, 0.2) is 5.82 Å². The summed E-state index contributed by atoms with van der Waals surface area (Å²) in [5, 5.41) is 15.6. The van der Waals surface area contributed by atoms with E-state index in [1.807, 2.05) is 18.2 Å². The number of esters is 1. The largest absolute Gasteiger partial charge is 0.465 e. The Labute approximate surface area is 182 Å². The summed E-state index contributed by atoms with van der Waals surface area (Å²) in [7, 11) is 0. The molecule has 1 unspecified atom stereocenters.